The van der Waals surface area contributed by atoms with Crippen LogP contribution >= 0.6 is 0 Å². The van der Waals surface area contributed by atoms with E-state index in [0.717, 1.165) is 22.9 Å². The predicted octanol–water partition coefficient (Wildman–Crippen LogP) is 2.85. The predicted molar refractivity (Wildman–Crippen MR) is 75.8 cm³/mol. The van der Waals surface area contributed by atoms with Gasteiger partial charge < -0.3 is 14.6 Å². The van der Waals surface area contributed by atoms with E-state index in [2.05, 4.69) is 26.8 Å². The summed E-state index contributed by atoms with van der Waals surface area (Å²) in [6.45, 7) is 6.75. The topological polar surface area (TPSA) is 52.0 Å². The Labute approximate surface area is 113 Å². The Hall–Kier alpha value is -1.88. The van der Waals surface area contributed by atoms with Crippen LogP contribution in [0.2, 0.25) is 0 Å². The molecule has 2 aromatic rings. The number of nitrogens with zero attached hydrogens (tertiary/aromatic N) is 3. The summed E-state index contributed by atoms with van der Waals surface area (Å²) in [5.74, 6) is 0.814. The van der Waals surface area contributed by atoms with E-state index in [1.165, 1.54) is 0 Å². The van der Waals surface area contributed by atoms with Gasteiger partial charge in [-0.25, -0.2) is 4.98 Å². The first kappa shape index (κ1) is 13.5. The molecule has 1 atom stereocenters. The van der Waals surface area contributed by atoms with Crippen molar-refractivity contribution in [3.63, 3.8) is 0 Å². The molecule has 1 N–H and O–H groups in total. The van der Waals surface area contributed by atoms with Crippen LogP contribution in [-0.4, -0.2) is 28.3 Å². The van der Waals surface area contributed by atoms with Gasteiger partial charge in [-0.05, 0) is 32.4 Å². The SMILES string of the molecule is COCC(C)n1cc(C)nc1Nc1cncc(C)c1. The molecule has 2 rings (SSSR count). The van der Waals surface area contributed by atoms with Crippen LogP contribution in [0.15, 0.2) is 24.7 Å². The molecular formula is C14H20N4O. The maximum absolute atomic E-state index is 5.20. The lowest BCUT2D eigenvalue weighted by atomic mass is 10.3. The minimum Gasteiger partial charge on any atom is -0.383 e. The quantitative estimate of drug-likeness (QED) is 0.898. The van der Waals surface area contributed by atoms with Crippen LogP contribution < -0.4 is 5.32 Å². The van der Waals surface area contributed by atoms with E-state index in [-0.39, 0.29) is 6.04 Å². The Kier molecular flexibility index (Phi) is 4.16. The average molecular weight is 260 g/mol. The van der Waals surface area contributed by atoms with Crippen molar-refractivity contribution >= 4 is 11.6 Å². The van der Waals surface area contributed by atoms with Crippen molar-refractivity contribution in [2.24, 2.45) is 0 Å². The minimum absolute atomic E-state index is 0.228. The summed E-state index contributed by atoms with van der Waals surface area (Å²) >= 11 is 0. The molecule has 2 aromatic heterocycles. The molecule has 0 saturated heterocycles. The maximum Gasteiger partial charge on any atom is 0.207 e. The van der Waals surface area contributed by atoms with Crippen LogP contribution in [0.3, 0.4) is 0 Å². The van der Waals surface area contributed by atoms with E-state index >= 15 is 0 Å². The molecule has 2 heterocycles. The number of aryl methyl sites for hydroxylation is 2. The second-order valence-electron chi connectivity index (χ2n) is 4.79. The first-order valence-electron chi connectivity index (χ1n) is 6.33. The molecule has 0 radical (unpaired) electrons. The van der Waals surface area contributed by atoms with Crippen LogP contribution in [0.25, 0.3) is 0 Å². The van der Waals surface area contributed by atoms with Crippen LogP contribution in [-0.2, 0) is 4.74 Å². The van der Waals surface area contributed by atoms with Crippen molar-refractivity contribution in [1.82, 2.24) is 14.5 Å². The number of imidazole rings is 1. The third kappa shape index (κ3) is 3.32. The Morgan fingerprint density at radius 1 is 1.37 bits per heavy atom. The highest BCUT2D eigenvalue weighted by Gasteiger charge is 2.12. The van der Waals surface area contributed by atoms with Crippen molar-refractivity contribution in [2.45, 2.75) is 26.8 Å². The summed E-state index contributed by atoms with van der Waals surface area (Å²) in [7, 11) is 1.71. The standard InChI is InChI=1S/C14H20N4O/c1-10-5-13(7-15-6-10)17-14-16-11(2)8-18(14)12(3)9-19-4/h5-8,12H,9H2,1-4H3,(H,16,17). The molecule has 19 heavy (non-hydrogen) atoms. The highest BCUT2D eigenvalue weighted by Crippen LogP contribution is 2.20. The number of methoxy groups -OCH3 is 1. The van der Waals surface area contributed by atoms with Gasteiger partial charge in [0, 0.05) is 19.5 Å². The fraction of sp³-hybridized carbons (Fsp3) is 0.429. The lowest BCUT2D eigenvalue weighted by Gasteiger charge is -2.16. The number of aromatic nitrogens is 3. The molecular weight excluding hydrogens is 240 g/mol. The molecule has 0 aliphatic heterocycles. The highest BCUT2D eigenvalue weighted by molar-refractivity contribution is 5.53. The van der Waals surface area contributed by atoms with Crippen molar-refractivity contribution in [3.05, 3.63) is 35.9 Å². The first-order valence-corrected chi connectivity index (χ1v) is 6.33. The monoisotopic (exact) mass is 260 g/mol. The second kappa shape index (κ2) is 5.84. The largest absolute Gasteiger partial charge is 0.383 e. The van der Waals surface area contributed by atoms with Gasteiger partial charge in [0.15, 0.2) is 0 Å². The van der Waals surface area contributed by atoms with Gasteiger partial charge in [-0.3, -0.25) is 4.98 Å². The lowest BCUT2D eigenvalue weighted by molar-refractivity contribution is 0.163. The summed E-state index contributed by atoms with van der Waals surface area (Å²) in [4.78, 5) is 8.68. The van der Waals surface area contributed by atoms with Gasteiger partial charge in [0.2, 0.25) is 5.95 Å². The number of ether oxygens (including phenoxy) is 1. The number of anilines is 2. The third-order valence-corrected chi connectivity index (χ3v) is 2.87. The number of nitrogens with one attached hydrogen (secondary N) is 1. The molecule has 5 nitrogen and oxygen atoms in total. The molecule has 0 aliphatic rings. The fourth-order valence-electron chi connectivity index (χ4n) is 2.02. The molecule has 0 spiro atoms. The number of hydrogen-bond acceptors (Lipinski definition) is 4. The van der Waals surface area contributed by atoms with Crippen molar-refractivity contribution in [1.29, 1.82) is 0 Å². The molecule has 0 fully saturated rings. The van der Waals surface area contributed by atoms with Gasteiger partial charge in [0.05, 0.1) is 30.2 Å². The normalized spacial score (nSPS) is 12.4. The smallest absolute Gasteiger partial charge is 0.207 e. The zero-order valence-corrected chi connectivity index (χ0v) is 11.8. The molecule has 0 bridgehead atoms. The van der Waals surface area contributed by atoms with E-state index in [1.807, 2.05) is 32.3 Å². The van der Waals surface area contributed by atoms with Gasteiger partial charge in [0.25, 0.3) is 0 Å². The number of hydrogen-bond donors (Lipinski definition) is 1. The van der Waals surface area contributed by atoms with Crippen LogP contribution in [0.5, 0.6) is 0 Å². The zero-order chi connectivity index (χ0) is 13.8. The van der Waals surface area contributed by atoms with Gasteiger partial charge in [0.1, 0.15) is 0 Å². The molecule has 0 amide bonds. The molecule has 0 saturated carbocycles. The Balaban J connectivity index is 2.24. The fourth-order valence-corrected chi connectivity index (χ4v) is 2.02. The van der Waals surface area contributed by atoms with E-state index in [4.69, 9.17) is 4.74 Å². The summed E-state index contributed by atoms with van der Waals surface area (Å²) in [5.41, 5.74) is 3.03. The number of pyridine rings is 1. The van der Waals surface area contributed by atoms with Gasteiger partial charge >= 0.3 is 0 Å². The summed E-state index contributed by atoms with van der Waals surface area (Å²) in [5, 5.41) is 3.31. The Bertz CT molecular complexity index is 550. The highest BCUT2D eigenvalue weighted by atomic mass is 16.5. The molecule has 0 aromatic carbocycles. The van der Waals surface area contributed by atoms with Crippen LogP contribution in [0.1, 0.15) is 24.2 Å². The van der Waals surface area contributed by atoms with Gasteiger partial charge in [-0.2, -0.15) is 0 Å². The van der Waals surface area contributed by atoms with Crippen LogP contribution in [0.4, 0.5) is 11.6 Å². The molecule has 0 aliphatic carbocycles. The van der Waals surface area contributed by atoms with Crippen LogP contribution in [0, 0.1) is 13.8 Å². The van der Waals surface area contributed by atoms with Crippen molar-refractivity contribution < 1.29 is 4.74 Å². The summed E-state index contributed by atoms with van der Waals surface area (Å²) < 4.78 is 7.29. The second-order valence-corrected chi connectivity index (χ2v) is 4.79. The van der Waals surface area contributed by atoms with Crippen molar-refractivity contribution in [3.8, 4) is 0 Å². The zero-order valence-electron chi connectivity index (χ0n) is 11.8. The third-order valence-electron chi connectivity index (χ3n) is 2.87. The Morgan fingerprint density at radius 2 is 2.16 bits per heavy atom. The lowest BCUT2D eigenvalue weighted by Crippen LogP contribution is -2.12. The minimum atomic E-state index is 0.228. The maximum atomic E-state index is 5.20. The molecule has 102 valence electrons. The Morgan fingerprint density at radius 3 is 2.84 bits per heavy atom. The molecule has 5 heteroatoms. The molecule has 1 unspecified atom stereocenters. The van der Waals surface area contributed by atoms with E-state index in [1.54, 1.807) is 13.3 Å². The van der Waals surface area contributed by atoms with E-state index in [0.29, 0.717) is 6.61 Å². The first-order chi connectivity index (χ1) is 9.10. The van der Waals surface area contributed by atoms with E-state index < -0.39 is 0 Å². The summed E-state index contributed by atoms with van der Waals surface area (Å²) in [6.07, 6.45) is 5.65. The van der Waals surface area contributed by atoms with E-state index in [9.17, 15) is 0 Å². The average Bonchev–Trinajstić information content (AvgIpc) is 2.70. The van der Waals surface area contributed by atoms with Gasteiger partial charge in [-0.15, -0.1) is 0 Å². The van der Waals surface area contributed by atoms with Gasteiger partial charge in [-0.1, -0.05) is 0 Å². The summed E-state index contributed by atoms with van der Waals surface area (Å²) in [6, 6.07) is 2.27. The number of rotatable bonds is 5. The van der Waals surface area contributed by atoms with Crippen molar-refractivity contribution in [2.75, 3.05) is 19.0 Å².